The lowest BCUT2D eigenvalue weighted by atomic mass is 10.1. The first-order chi connectivity index (χ1) is 15.4. The second kappa shape index (κ2) is 8.77. The summed E-state index contributed by atoms with van der Waals surface area (Å²) in [6.07, 6.45) is 1.64. The van der Waals surface area contributed by atoms with E-state index < -0.39 is 5.97 Å². The SMILES string of the molecule is C=c1[nH]n(-c2ccc(C(=O)OCC)cc2)c(=O)/c1=C/c1ccc(-c2ccc(C)c(Cl)c2)o1. The van der Waals surface area contributed by atoms with E-state index in [2.05, 4.69) is 11.7 Å². The van der Waals surface area contributed by atoms with Gasteiger partial charge in [0.2, 0.25) is 0 Å². The zero-order valence-corrected chi connectivity index (χ0v) is 18.4. The number of aryl methyl sites for hydroxylation is 1. The van der Waals surface area contributed by atoms with Crippen LogP contribution in [-0.2, 0) is 4.74 Å². The van der Waals surface area contributed by atoms with Gasteiger partial charge in [0.25, 0.3) is 5.56 Å². The lowest BCUT2D eigenvalue weighted by molar-refractivity contribution is 0.0526. The number of aromatic amines is 1. The van der Waals surface area contributed by atoms with Gasteiger partial charge >= 0.3 is 5.97 Å². The minimum atomic E-state index is -0.409. The zero-order chi connectivity index (χ0) is 22.8. The summed E-state index contributed by atoms with van der Waals surface area (Å²) < 4.78 is 12.3. The Hall–Kier alpha value is -3.77. The molecule has 0 saturated heterocycles. The number of nitrogens with one attached hydrogen (secondary N) is 1. The Labute approximate surface area is 189 Å². The molecule has 0 aliphatic heterocycles. The number of nitrogens with zero attached hydrogens (tertiary/aromatic N) is 1. The van der Waals surface area contributed by atoms with Crippen LogP contribution in [0, 0.1) is 6.92 Å². The van der Waals surface area contributed by atoms with Crippen molar-refractivity contribution < 1.29 is 13.9 Å². The van der Waals surface area contributed by atoms with Crippen molar-refractivity contribution in [1.82, 2.24) is 9.78 Å². The van der Waals surface area contributed by atoms with Gasteiger partial charge in [-0.1, -0.05) is 30.3 Å². The molecule has 2 heterocycles. The third-order valence-corrected chi connectivity index (χ3v) is 5.42. The van der Waals surface area contributed by atoms with Crippen LogP contribution in [0.25, 0.3) is 29.7 Å². The lowest BCUT2D eigenvalue weighted by Crippen LogP contribution is -2.33. The maximum Gasteiger partial charge on any atom is 0.338 e. The van der Waals surface area contributed by atoms with Gasteiger partial charge in [0.05, 0.1) is 28.4 Å². The molecule has 32 heavy (non-hydrogen) atoms. The van der Waals surface area contributed by atoms with E-state index >= 15 is 0 Å². The fourth-order valence-corrected chi connectivity index (χ4v) is 3.44. The first-order valence-electron chi connectivity index (χ1n) is 10.0. The number of hydrogen-bond acceptors (Lipinski definition) is 4. The number of esters is 1. The second-order valence-corrected chi connectivity index (χ2v) is 7.63. The summed E-state index contributed by atoms with van der Waals surface area (Å²) in [7, 11) is 0. The number of benzene rings is 2. The van der Waals surface area contributed by atoms with E-state index in [-0.39, 0.29) is 5.56 Å². The van der Waals surface area contributed by atoms with E-state index in [1.807, 2.05) is 31.2 Å². The maximum atomic E-state index is 13.0. The highest BCUT2D eigenvalue weighted by Crippen LogP contribution is 2.27. The first-order valence-corrected chi connectivity index (χ1v) is 10.4. The Morgan fingerprint density at radius 1 is 1.19 bits per heavy atom. The number of halogens is 1. The van der Waals surface area contributed by atoms with E-state index in [1.165, 1.54) is 4.68 Å². The molecule has 0 unspecified atom stereocenters. The van der Waals surface area contributed by atoms with Crippen LogP contribution >= 0.6 is 11.6 Å². The highest BCUT2D eigenvalue weighted by atomic mass is 35.5. The predicted molar refractivity (Wildman–Crippen MR) is 125 cm³/mol. The van der Waals surface area contributed by atoms with Crippen molar-refractivity contribution >= 4 is 30.2 Å². The molecule has 6 nitrogen and oxygen atoms in total. The molecular weight excluding hydrogens is 428 g/mol. The van der Waals surface area contributed by atoms with Gasteiger partial charge < -0.3 is 9.15 Å². The Balaban J connectivity index is 1.67. The number of H-pyrrole nitrogens is 1. The normalized spacial score (nSPS) is 11.7. The van der Waals surface area contributed by atoms with Crippen molar-refractivity contribution in [2.24, 2.45) is 0 Å². The minimum Gasteiger partial charge on any atom is -0.462 e. The van der Waals surface area contributed by atoms with Crippen LogP contribution < -0.4 is 16.1 Å². The summed E-state index contributed by atoms with van der Waals surface area (Å²) in [6.45, 7) is 7.92. The third-order valence-electron chi connectivity index (χ3n) is 5.01. The van der Waals surface area contributed by atoms with Crippen molar-refractivity contribution in [2.45, 2.75) is 13.8 Å². The van der Waals surface area contributed by atoms with Crippen LogP contribution in [-0.4, -0.2) is 22.4 Å². The van der Waals surface area contributed by atoms with E-state index in [0.717, 1.165) is 11.1 Å². The molecule has 7 heteroatoms. The molecule has 0 fully saturated rings. The quantitative estimate of drug-likeness (QED) is 0.471. The van der Waals surface area contributed by atoms with E-state index in [0.29, 0.717) is 45.0 Å². The largest absolute Gasteiger partial charge is 0.462 e. The average Bonchev–Trinajstić information content (AvgIpc) is 3.36. The molecule has 162 valence electrons. The number of hydrogen-bond donors (Lipinski definition) is 1. The van der Waals surface area contributed by atoms with Gasteiger partial charge in [-0.3, -0.25) is 9.89 Å². The summed E-state index contributed by atoms with van der Waals surface area (Å²) in [5, 5.41) is 4.44. The van der Waals surface area contributed by atoms with Crippen molar-refractivity contribution in [3.05, 3.63) is 97.4 Å². The number of rotatable bonds is 5. The number of ether oxygens (including phenoxy) is 1. The highest BCUT2D eigenvalue weighted by Gasteiger charge is 2.10. The van der Waals surface area contributed by atoms with Crippen molar-refractivity contribution in [3.8, 4) is 17.0 Å². The lowest BCUT2D eigenvalue weighted by Gasteiger charge is -2.04. The van der Waals surface area contributed by atoms with E-state index in [9.17, 15) is 9.59 Å². The summed E-state index contributed by atoms with van der Waals surface area (Å²) in [6, 6.07) is 15.9. The molecule has 0 aliphatic carbocycles. The summed E-state index contributed by atoms with van der Waals surface area (Å²) >= 11 is 6.21. The van der Waals surface area contributed by atoms with Crippen molar-refractivity contribution in [3.63, 3.8) is 0 Å². The van der Waals surface area contributed by atoms with E-state index in [1.54, 1.807) is 43.3 Å². The monoisotopic (exact) mass is 448 g/mol. The number of aromatic nitrogens is 2. The number of furan rings is 1. The zero-order valence-electron chi connectivity index (χ0n) is 17.6. The van der Waals surface area contributed by atoms with Gasteiger partial charge in [-0.05, 0) is 68.0 Å². The molecule has 0 radical (unpaired) electrons. The Kier molecular flexibility index (Phi) is 5.88. The Morgan fingerprint density at radius 2 is 1.94 bits per heavy atom. The molecule has 0 aliphatic rings. The molecule has 0 amide bonds. The Morgan fingerprint density at radius 3 is 2.62 bits per heavy atom. The number of carbonyl (C=O) groups is 1. The molecule has 4 aromatic rings. The molecule has 0 atom stereocenters. The molecule has 2 aromatic carbocycles. The molecule has 4 rings (SSSR count). The van der Waals surface area contributed by atoms with Crippen LogP contribution in [0.1, 0.15) is 28.6 Å². The van der Waals surface area contributed by atoms with Crippen LogP contribution in [0.3, 0.4) is 0 Å². The van der Waals surface area contributed by atoms with Gasteiger partial charge in [-0.2, -0.15) is 0 Å². The molecule has 2 aromatic heterocycles. The Bertz CT molecular complexity index is 1460. The van der Waals surface area contributed by atoms with Crippen molar-refractivity contribution in [2.75, 3.05) is 6.61 Å². The molecule has 0 saturated carbocycles. The first kappa shape index (κ1) is 21.5. The van der Waals surface area contributed by atoms with Gasteiger partial charge in [-0.25, -0.2) is 9.48 Å². The fourth-order valence-electron chi connectivity index (χ4n) is 3.26. The molecule has 0 spiro atoms. The van der Waals surface area contributed by atoms with Crippen molar-refractivity contribution in [1.29, 1.82) is 0 Å². The van der Waals surface area contributed by atoms with Gasteiger partial charge in [0.1, 0.15) is 11.5 Å². The molecule has 0 bridgehead atoms. The highest BCUT2D eigenvalue weighted by molar-refractivity contribution is 6.31. The third kappa shape index (κ3) is 4.18. The van der Waals surface area contributed by atoms with Gasteiger partial charge in [-0.15, -0.1) is 0 Å². The molecular formula is C25H21ClN2O4. The van der Waals surface area contributed by atoms with E-state index in [4.69, 9.17) is 20.8 Å². The predicted octanol–water partition coefficient (Wildman–Crippen LogP) is 3.80. The second-order valence-electron chi connectivity index (χ2n) is 7.22. The van der Waals surface area contributed by atoms with Crippen LogP contribution in [0.4, 0.5) is 0 Å². The minimum absolute atomic E-state index is 0.282. The summed E-state index contributed by atoms with van der Waals surface area (Å²) in [5.74, 6) is 0.755. The van der Waals surface area contributed by atoms with Gasteiger partial charge in [0, 0.05) is 10.6 Å². The van der Waals surface area contributed by atoms with Gasteiger partial charge in [0.15, 0.2) is 0 Å². The molecule has 1 N–H and O–H groups in total. The number of carbonyl (C=O) groups excluding carboxylic acids is 1. The van der Waals surface area contributed by atoms with Crippen LogP contribution in [0.2, 0.25) is 5.02 Å². The average molecular weight is 449 g/mol. The smallest absolute Gasteiger partial charge is 0.338 e. The summed E-state index contributed by atoms with van der Waals surface area (Å²) in [5.41, 5.74) is 2.54. The maximum absolute atomic E-state index is 13.0. The van der Waals surface area contributed by atoms with Crippen LogP contribution in [0.5, 0.6) is 0 Å². The fraction of sp³-hybridized carbons (Fsp3) is 0.120. The topological polar surface area (TPSA) is 77.2 Å². The standard InChI is InChI=1S/C25H21ClN2O4/c1-4-31-25(30)17-7-9-19(10-8-17)28-24(29)21(16(3)27-28)14-20-11-12-23(32-20)18-6-5-15(2)22(26)13-18/h5-14,27H,3-4H2,1-2H3/b21-14+. The summed E-state index contributed by atoms with van der Waals surface area (Å²) in [4.78, 5) is 24.8. The van der Waals surface area contributed by atoms with Crippen LogP contribution in [0.15, 0.2) is 63.8 Å².